The van der Waals surface area contributed by atoms with Gasteiger partial charge < -0.3 is 9.30 Å². The molecule has 0 fully saturated rings. The minimum atomic E-state index is -0.399. The van der Waals surface area contributed by atoms with Gasteiger partial charge in [-0.05, 0) is 24.6 Å². The van der Waals surface area contributed by atoms with Gasteiger partial charge >= 0.3 is 0 Å². The second kappa shape index (κ2) is 5.22. The van der Waals surface area contributed by atoms with Gasteiger partial charge in [-0.15, -0.1) is 0 Å². The van der Waals surface area contributed by atoms with Crippen LogP contribution in [0, 0.1) is 12.7 Å². The topological polar surface area (TPSA) is 44.1 Å². The van der Waals surface area contributed by atoms with Crippen molar-refractivity contribution in [1.82, 2.24) is 9.55 Å². The zero-order valence-corrected chi connectivity index (χ0v) is 11.1. The van der Waals surface area contributed by atoms with E-state index in [4.69, 9.17) is 4.74 Å². The molecule has 1 aromatic heterocycles. The van der Waals surface area contributed by atoms with Crippen molar-refractivity contribution in [3.63, 3.8) is 0 Å². The summed E-state index contributed by atoms with van der Waals surface area (Å²) in [7, 11) is 1.43. The van der Waals surface area contributed by atoms with Gasteiger partial charge in [0.25, 0.3) is 0 Å². The summed E-state index contributed by atoms with van der Waals surface area (Å²) < 4.78 is 20.3. The third-order valence-corrected chi connectivity index (χ3v) is 2.91. The number of ketones is 1. The van der Waals surface area contributed by atoms with Crippen LogP contribution in [0.2, 0.25) is 0 Å². The standard InChI is InChI=1S/C14H15FN2O2/c1-9(18)13-8-17(10(2)16-13)7-11-4-5-14(19-3)12(15)6-11/h4-6,8H,7H2,1-3H3. The van der Waals surface area contributed by atoms with E-state index in [9.17, 15) is 9.18 Å². The monoisotopic (exact) mass is 262 g/mol. The number of ether oxygens (including phenoxy) is 1. The first-order chi connectivity index (χ1) is 9.01. The van der Waals surface area contributed by atoms with E-state index in [0.717, 1.165) is 11.4 Å². The molecule has 0 N–H and O–H groups in total. The molecule has 0 saturated carbocycles. The van der Waals surface area contributed by atoms with Crippen molar-refractivity contribution in [3.05, 3.63) is 47.3 Å². The molecule has 2 aromatic rings. The summed E-state index contributed by atoms with van der Waals surface area (Å²) >= 11 is 0. The van der Waals surface area contributed by atoms with Crippen molar-refractivity contribution in [1.29, 1.82) is 0 Å². The Hall–Kier alpha value is -2.17. The fourth-order valence-corrected chi connectivity index (χ4v) is 1.84. The molecule has 100 valence electrons. The highest BCUT2D eigenvalue weighted by Gasteiger charge is 2.09. The number of nitrogens with zero attached hydrogens (tertiary/aromatic N) is 2. The molecule has 5 heteroatoms. The Bertz CT molecular complexity index is 620. The first kappa shape index (κ1) is 13.3. The highest BCUT2D eigenvalue weighted by Crippen LogP contribution is 2.18. The van der Waals surface area contributed by atoms with Crippen LogP contribution >= 0.6 is 0 Å². The summed E-state index contributed by atoms with van der Waals surface area (Å²) in [5.41, 5.74) is 1.21. The van der Waals surface area contributed by atoms with E-state index in [0.29, 0.717) is 12.2 Å². The van der Waals surface area contributed by atoms with E-state index in [1.165, 1.54) is 20.1 Å². The largest absolute Gasteiger partial charge is 0.494 e. The molecule has 2 rings (SSSR count). The lowest BCUT2D eigenvalue weighted by Gasteiger charge is -2.07. The molecule has 0 bridgehead atoms. The second-order valence-electron chi connectivity index (χ2n) is 4.33. The number of imidazole rings is 1. The summed E-state index contributed by atoms with van der Waals surface area (Å²) in [6, 6.07) is 4.79. The number of carbonyl (C=O) groups is 1. The smallest absolute Gasteiger partial charge is 0.179 e. The number of aromatic nitrogens is 2. The van der Waals surface area contributed by atoms with Gasteiger partial charge in [-0.2, -0.15) is 0 Å². The van der Waals surface area contributed by atoms with Crippen LogP contribution in [0.15, 0.2) is 24.4 Å². The molecular formula is C14H15FN2O2. The number of benzene rings is 1. The van der Waals surface area contributed by atoms with Crippen LogP contribution in [0.1, 0.15) is 28.8 Å². The number of hydrogen-bond donors (Lipinski definition) is 0. The molecular weight excluding hydrogens is 247 g/mol. The van der Waals surface area contributed by atoms with Crippen molar-refractivity contribution >= 4 is 5.78 Å². The predicted octanol–water partition coefficient (Wildman–Crippen LogP) is 2.59. The average molecular weight is 262 g/mol. The quantitative estimate of drug-likeness (QED) is 0.795. The maximum Gasteiger partial charge on any atom is 0.179 e. The molecule has 0 atom stereocenters. The number of methoxy groups -OCH3 is 1. The molecule has 0 amide bonds. The highest BCUT2D eigenvalue weighted by atomic mass is 19.1. The maximum absolute atomic E-state index is 13.6. The lowest BCUT2D eigenvalue weighted by Crippen LogP contribution is -2.01. The number of hydrogen-bond acceptors (Lipinski definition) is 3. The van der Waals surface area contributed by atoms with Crippen molar-refractivity contribution in [2.75, 3.05) is 7.11 Å². The van der Waals surface area contributed by atoms with E-state index in [1.54, 1.807) is 18.3 Å². The van der Waals surface area contributed by atoms with Crippen molar-refractivity contribution < 1.29 is 13.9 Å². The molecule has 4 nitrogen and oxygen atoms in total. The van der Waals surface area contributed by atoms with Crippen molar-refractivity contribution in [2.24, 2.45) is 0 Å². The lowest BCUT2D eigenvalue weighted by atomic mass is 10.2. The minimum absolute atomic E-state index is 0.0808. The van der Waals surface area contributed by atoms with Crippen LogP contribution in [-0.4, -0.2) is 22.4 Å². The van der Waals surface area contributed by atoms with Gasteiger partial charge in [0.2, 0.25) is 0 Å². The van der Waals surface area contributed by atoms with E-state index in [1.807, 2.05) is 11.5 Å². The molecule has 1 aromatic carbocycles. The van der Waals surface area contributed by atoms with E-state index >= 15 is 0 Å². The third-order valence-electron chi connectivity index (χ3n) is 2.91. The van der Waals surface area contributed by atoms with Crippen LogP contribution < -0.4 is 4.74 Å². The van der Waals surface area contributed by atoms with Crippen molar-refractivity contribution in [2.45, 2.75) is 20.4 Å². The van der Waals surface area contributed by atoms with Crippen LogP contribution in [0.25, 0.3) is 0 Å². The molecule has 19 heavy (non-hydrogen) atoms. The van der Waals surface area contributed by atoms with Crippen LogP contribution in [0.3, 0.4) is 0 Å². The summed E-state index contributed by atoms with van der Waals surface area (Å²) in [6.45, 7) is 3.75. The molecule has 0 saturated heterocycles. The molecule has 1 heterocycles. The third kappa shape index (κ3) is 2.81. The Balaban J connectivity index is 2.26. The van der Waals surface area contributed by atoms with Gasteiger partial charge in [-0.3, -0.25) is 4.79 Å². The average Bonchev–Trinajstić information content (AvgIpc) is 2.71. The van der Waals surface area contributed by atoms with Crippen LogP contribution in [0.5, 0.6) is 5.75 Å². The van der Waals surface area contributed by atoms with E-state index in [2.05, 4.69) is 4.98 Å². The molecule has 0 aliphatic carbocycles. The molecule has 0 aliphatic heterocycles. The number of halogens is 1. The zero-order chi connectivity index (χ0) is 14.0. The molecule has 0 spiro atoms. The molecule has 0 aliphatic rings. The van der Waals surface area contributed by atoms with Gasteiger partial charge in [-0.1, -0.05) is 6.07 Å². The number of aryl methyl sites for hydroxylation is 1. The van der Waals surface area contributed by atoms with Crippen molar-refractivity contribution in [3.8, 4) is 5.75 Å². The summed E-state index contributed by atoms with van der Waals surface area (Å²) in [6.07, 6.45) is 1.68. The SMILES string of the molecule is COc1ccc(Cn2cc(C(C)=O)nc2C)cc1F. The first-order valence-electron chi connectivity index (χ1n) is 5.88. The summed E-state index contributed by atoms with van der Waals surface area (Å²) in [4.78, 5) is 15.4. The Morgan fingerprint density at radius 3 is 2.74 bits per heavy atom. The van der Waals surface area contributed by atoms with Gasteiger partial charge in [0.1, 0.15) is 11.5 Å². The molecule has 0 unspecified atom stereocenters. The van der Waals surface area contributed by atoms with Crippen LogP contribution in [-0.2, 0) is 6.54 Å². The number of rotatable bonds is 4. The van der Waals surface area contributed by atoms with Gasteiger partial charge in [0.05, 0.1) is 7.11 Å². The maximum atomic E-state index is 13.6. The second-order valence-corrected chi connectivity index (χ2v) is 4.33. The van der Waals surface area contributed by atoms with Crippen LogP contribution in [0.4, 0.5) is 4.39 Å². The minimum Gasteiger partial charge on any atom is -0.494 e. The number of carbonyl (C=O) groups excluding carboxylic acids is 1. The fraction of sp³-hybridized carbons (Fsp3) is 0.286. The Labute approximate surface area is 110 Å². The fourth-order valence-electron chi connectivity index (χ4n) is 1.84. The lowest BCUT2D eigenvalue weighted by molar-refractivity contribution is 0.101. The summed E-state index contributed by atoms with van der Waals surface area (Å²) in [5.74, 6) is 0.462. The van der Waals surface area contributed by atoms with Gasteiger partial charge in [0.15, 0.2) is 17.3 Å². The normalized spacial score (nSPS) is 10.5. The van der Waals surface area contributed by atoms with E-state index < -0.39 is 5.82 Å². The first-order valence-corrected chi connectivity index (χ1v) is 5.88. The predicted molar refractivity (Wildman–Crippen MR) is 69.0 cm³/mol. The number of Topliss-reactive ketones (excluding diaryl/α,β-unsaturated/α-hetero) is 1. The van der Waals surface area contributed by atoms with E-state index in [-0.39, 0.29) is 11.5 Å². The molecule has 0 radical (unpaired) electrons. The van der Waals surface area contributed by atoms with Gasteiger partial charge in [0, 0.05) is 19.7 Å². The van der Waals surface area contributed by atoms with Gasteiger partial charge in [-0.25, -0.2) is 9.37 Å². The summed E-state index contributed by atoms with van der Waals surface area (Å²) in [5, 5.41) is 0. The zero-order valence-electron chi connectivity index (χ0n) is 11.1. The Kier molecular flexibility index (Phi) is 3.64. The Morgan fingerprint density at radius 2 is 2.21 bits per heavy atom. The highest BCUT2D eigenvalue weighted by molar-refractivity contribution is 5.91. The Morgan fingerprint density at radius 1 is 1.47 bits per heavy atom.